The van der Waals surface area contributed by atoms with Gasteiger partial charge in [0.05, 0.1) is 29.5 Å². The molecule has 11 nitrogen and oxygen atoms in total. The van der Waals surface area contributed by atoms with Crippen molar-refractivity contribution in [2.45, 2.75) is 38.1 Å². The molecule has 3 heterocycles. The van der Waals surface area contributed by atoms with E-state index in [4.69, 9.17) is 10.7 Å². The molecular formula is C30H39N7O4S. The van der Waals surface area contributed by atoms with E-state index in [9.17, 15) is 18.0 Å². The number of urea groups is 1. The Morgan fingerprint density at radius 1 is 0.929 bits per heavy atom. The molecule has 12 heteroatoms. The number of anilines is 4. The van der Waals surface area contributed by atoms with Gasteiger partial charge in [-0.25, -0.2) is 18.2 Å². The maximum atomic E-state index is 13.8. The lowest BCUT2D eigenvalue weighted by atomic mass is 9.47. The number of rotatable bonds is 5. The number of nitrogens with zero attached hydrogens (tertiary/aromatic N) is 5. The van der Waals surface area contributed by atoms with E-state index in [0.29, 0.717) is 57.0 Å². The zero-order valence-electron chi connectivity index (χ0n) is 24.0. The number of carbonyl (C=O) groups is 2. The monoisotopic (exact) mass is 593 g/mol. The molecule has 3 unspecified atom stereocenters. The minimum Gasteiger partial charge on any atom is -0.369 e. The lowest BCUT2D eigenvalue weighted by Gasteiger charge is -2.59. The fourth-order valence-corrected chi connectivity index (χ4v) is 9.42. The van der Waals surface area contributed by atoms with Crippen molar-refractivity contribution in [3.63, 3.8) is 0 Å². The highest BCUT2D eigenvalue weighted by atomic mass is 32.2. The Kier molecular flexibility index (Phi) is 6.61. The average molecular weight is 594 g/mol. The normalized spacial score (nSPS) is 30.7. The number of pyridine rings is 1. The number of amides is 3. The smallest absolute Gasteiger partial charge is 0.322 e. The van der Waals surface area contributed by atoms with Crippen LogP contribution in [0.4, 0.5) is 27.7 Å². The van der Waals surface area contributed by atoms with Crippen molar-refractivity contribution in [1.29, 1.82) is 0 Å². The van der Waals surface area contributed by atoms with E-state index < -0.39 is 10.0 Å². The van der Waals surface area contributed by atoms with Gasteiger partial charge in [-0.1, -0.05) is 12.1 Å². The molecule has 42 heavy (non-hydrogen) atoms. The summed E-state index contributed by atoms with van der Waals surface area (Å²) in [5.74, 6) is 1.80. The van der Waals surface area contributed by atoms with Gasteiger partial charge in [0.1, 0.15) is 5.82 Å². The molecule has 5 fully saturated rings. The molecular weight excluding hydrogens is 554 g/mol. The summed E-state index contributed by atoms with van der Waals surface area (Å²) in [4.78, 5) is 37.0. The van der Waals surface area contributed by atoms with E-state index in [1.54, 1.807) is 0 Å². The fourth-order valence-electron chi connectivity index (χ4n) is 8.60. The molecule has 3 N–H and O–H groups in total. The van der Waals surface area contributed by atoms with Gasteiger partial charge in [0.15, 0.2) is 0 Å². The standard InChI is InChI=1S/C30H39N7O4S/c1-42(40,41)35-10-8-34(9-11-35)23-6-7-26(32-19-23)36-12-13-37(25-5-3-2-4-24(25)36)29(39)33-27-21-14-20-15-22(27)18-30(16-20,17-21)28(31)38/h2-7,19-22,27H,8-18H2,1H3,(H2,31,38)(H,33,39)/t20?,21-,22+,27?,30?. The van der Waals surface area contributed by atoms with Crippen molar-refractivity contribution in [3.8, 4) is 0 Å². The largest absolute Gasteiger partial charge is 0.369 e. The molecule has 2 aromatic rings. The third-order valence-electron chi connectivity index (χ3n) is 10.4. The molecule has 4 saturated carbocycles. The number of aromatic nitrogens is 1. The van der Waals surface area contributed by atoms with E-state index in [1.807, 2.05) is 47.5 Å². The molecule has 0 spiro atoms. The number of hydrogen-bond acceptors (Lipinski definition) is 7. The van der Waals surface area contributed by atoms with Gasteiger partial charge in [0.25, 0.3) is 0 Å². The first kappa shape index (κ1) is 27.5. The van der Waals surface area contributed by atoms with E-state index >= 15 is 0 Å². The molecule has 224 valence electrons. The second-order valence-corrected chi connectivity index (χ2v) is 14.9. The van der Waals surface area contributed by atoms with Crippen LogP contribution in [0.1, 0.15) is 32.1 Å². The topological polar surface area (TPSA) is 132 Å². The number of fused-ring (bicyclic) bond motifs is 1. The molecule has 1 saturated heterocycles. The van der Waals surface area contributed by atoms with Crippen LogP contribution in [0, 0.1) is 23.2 Å². The van der Waals surface area contributed by atoms with E-state index in [-0.39, 0.29) is 23.4 Å². The molecule has 4 aliphatic carbocycles. The van der Waals surface area contributed by atoms with E-state index in [1.165, 1.54) is 10.6 Å². The number of nitrogens with one attached hydrogen (secondary N) is 1. The van der Waals surface area contributed by atoms with Crippen LogP contribution >= 0.6 is 0 Å². The van der Waals surface area contributed by atoms with Crippen molar-refractivity contribution >= 4 is 44.8 Å². The molecule has 1 aromatic heterocycles. The lowest BCUT2D eigenvalue weighted by molar-refractivity contribution is -0.145. The zero-order valence-corrected chi connectivity index (χ0v) is 24.8. The van der Waals surface area contributed by atoms with Crippen LogP contribution in [0.5, 0.6) is 0 Å². The summed E-state index contributed by atoms with van der Waals surface area (Å²) >= 11 is 0. The highest BCUT2D eigenvalue weighted by Crippen LogP contribution is 2.60. The maximum absolute atomic E-state index is 13.8. The van der Waals surface area contributed by atoms with Crippen LogP contribution in [0.2, 0.25) is 0 Å². The Morgan fingerprint density at radius 2 is 1.62 bits per heavy atom. The van der Waals surface area contributed by atoms with Gasteiger partial charge in [0, 0.05) is 50.7 Å². The van der Waals surface area contributed by atoms with Crippen LogP contribution in [-0.4, -0.2) is 81.2 Å². The Bertz CT molecular complexity index is 1480. The number of para-hydroxylation sites is 2. The molecule has 5 atom stereocenters. The maximum Gasteiger partial charge on any atom is 0.322 e. The van der Waals surface area contributed by atoms with Crippen LogP contribution in [-0.2, 0) is 14.8 Å². The third-order valence-corrected chi connectivity index (χ3v) is 11.7. The van der Waals surface area contributed by atoms with Crippen LogP contribution < -0.4 is 25.8 Å². The highest BCUT2D eigenvalue weighted by Gasteiger charge is 2.58. The predicted molar refractivity (Wildman–Crippen MR) is 161 cm³/mol. The Labute approximate surface area is 247 Å². The SMILES string of the molecule is CS(=O)(=O)N1CCN(c2ccc(N3CCN(C(=O)NC4[C@@H]5CC6C[C@H]4CC(C(N)=O)(C6)C5)c4ccccc43)nc2)CC1. The lowest BCUT2D eigenvalue weighted by Crippen LogP contribution is -2.63. The van der Waals surface area contributed by atoms with Crippen LogP contribution in [0.25, 0.3) is 0 Å². The van der Waals surface area contributed by atoms with Crippen molar-refractivity contribution in [2.75, 3.05) is 60.2 Å². The summed E-state index contributed by atoms with van der Waals surface area (Å²) < 4.78 is 25.2. The molecule has 3 amide bonds. The summed E-state index contributed by atoms with van der Waals surface area (Å²) in [6, 6.07) is 12.0. The van der Waals surface area contributed by atoms with E-state index in [2.05, 4.69) is 15.1 Å². The number of piperazine rings is 1. The molecule has 2 aliphatic heterocycles. The van der Waals surface area contributed by atoms with Gasteiger partial charge < -0.3 is 20.9 Å². The van der Waals surface area contributed by atoms with Gasteiger partial charge in [-0.3, -0.25) is 9.69 Å². The summed E-state index contributed by atoms with van der Waals surface area (Å²) in [6.45, 7) is 3.30. The zero-order chi connectivity index (χ0) is 29.2. The first-order chi connectivity index (χ1) is 20.1. The van der Waals surface area contributed by atoms with Gasteiger partial charge in [-0.15, -0.1) is 0 Å². The number of primary amides is 1. The second-order valence-electron chi connectivity index (χ2n) is 12.9. The highest BCUT2D eigenvalue weighted by molar-refractivity contribution is 7.88. The minimum atomic E-state index is -3.18. The third kappa shape index (κ3) is 4.68. The molecule has 8 rings (SSSR count). The van der Waals surface area contributed by atoms with Crippen molar-refractivity contribution in [3.05, 3.63) is 42.6 Å². The Morgan fingerprint density at radius 3 is 2.24 bits per heavy atom. The average Bonchev–Trinajstić information content (AvgIpc) is 2.97. The van der Waals surface area contributed by atoms with E-state index in [0.717, 1.165) is 55.0 Å². The van der Waals surface area contributed by atoms with Crippen LogP contribution in [0.3, 0.4) is 0 Å². The number of sulfonamides is 1. The van der Waals surface area contributed by atoms with Crippen molar-refractivity contribution in [2.24, 2.45) is 28.9 Å². The number of hydrogen-bond donors (Lipinski definition) is 2. The quantitative estimate of drug-likeness (QED) is 0.545. The Balaban J connectivity index is 1.05. The van der Waals surface area contributed by atoms with Crippen molar-refractivity contribution in [1.82, 2.24) is 14.6 Å². The van der Waals surface area contributed by atoms with Gasteiger partial charge in [-0.05, 0) is 74.1 Å². The van der Waals surface area contributed by atoms with Crippen LogP contribution in [0.15, 0.2) is 42.6 Å². The van der Waals surface area contributed by atoms with Gasteiger partial charge >= 0.3 is 6.03 Å². The van der Waals surface area contributed by atoms with Gasteiger partial charge in [0.2, 0.25) is 15.9 Å². The Hall–Kier alpha value is -3.38. The summed E-state index contributed by atoms with van der Waals surface area (Å²) in [6.07, 6.45) is 7.73. The number of carbonyl (C=O) groups excluding carboxylic acids is 2. The first-order valence-electron chi connectivity index (χ1n) is 15.0. The molecule has 6 aliphatic rings. The van der Waals surface area contributed by atoms with Gasteiger partial charge in [-0.2, -0.15) is 4.31 Å². The van der Waals surface area contributed by atoms with Crippen molar-refractivity contribution < 1.29 is 18.0 Å². The second kappa shape index (κ2) is 10.1. The molecule has 0 radical (unpaired) electrons. The summed E-state index contributed by atoms with van der Waals surface area (Å²) in [7, 11) is -3.18. The fraction of sp³-hybridized carbons (Fsp3) is 0.567. The summed E-state index contributed by atoms with van der Waals surface area (Å²) in [5, 5.41) is 3.39. The predicted octanol–water partition coefficient (Wildman–Crippen LogP) is 2.51. The number of benzene rings is 1. The first-order valence-corrected chi connectivity index (χ1v) is 16.9. The molecule has 4 bridgehead atoms. The minimum absolute atomic E-state index is 0.0794. The number of nitrogens with two attached hydrogens (primary N) is 1. The summed E-state index contributed by atoms with van der Waals surface area (Å²) in [5.41, 5.74) is 8.24. The molecule has 1 aromatic carbocycles.